The molecule has 1 fully saturated rings. The Morgan fingerprint density at radius 3 is 2.70 bits per heavy atom. The number of halogens is 1. The Morgan fingerprint density at radius 1 is 1.33 bits per heavy atom. The monoisotopic (exact) mass is 392 g/mol. The van der Waals surface area contributed by atoms with Gasteiger partial charge < -0.3 is 19.6 Å². The first-order valence-corrected chi connectivity index (χ1v) is 9.13. The summed E-state index contributed by atoms with van der Waals surface area (Å²) in [5, 5.41) is 24.2. The van der Waals surface area contributed by atoms with E-state index >= 15 is 0 Å². The third-order valence-corrected chi connectivity index (χ3v) is 5.22. The molecule has 2 N–H and O–H groups in total. The van der Waals surface area contributed by atoms with Crippen molar-refractivity contribution in [1.29, 1.82) is 0 Å². The molecule has 1 aliphatic rings. The number of carbonyl (C=O) groups is 2. The minimum Gasteiger partial charge on any atom is -0.481 e. The normalized spacial score (nSPS) is 22.6. The highest BCUT2D eigenvalue weighted by Gasteiger charge is 2.50. The van der Waals surface area contributed by atoms with Gasteiger partial charge >= 0.3 is 5.97 Å². The summed E-state index contributed by atoms with van der Waals surface area (Å²) in [7, 11) is 0. The minimum atomic E-state index is -1.43. The van der Waals surface area contributed by atoms with Crippen molar-refractivity contribution >= 4 is 23.5 Å². The average molecular weight is 393 g/mol. The van der Waals surface area contributed by atoms with Gasteiger partial charge in [0.25, 0.3) is 0 Å². The number of carboxylic acid groups (broad SMARTS) is 1. The second-order valence-electron chi connectivity index (χ2n) is 6.86. The van der Waals surface area contributed by atoms with Gasteiger partial charge in [0.15, 0.2) is 5.15 Å². The standard InChI is InChI=1S/C19H21ClN2O5/c20-16-10-14(27-21-16)6-7-17(24)22-9-8-15(23)19(12-22,18(25)26)11-13-4-2-1-3-5-13/h1-5,10,15,23H,6-9,11-12H2,(H,25,26)/t15-,19+/m0/s1. The van der Waals surface area contributed by atoms with Gasteiger partial charge in [0, 0.05) is 32.0 Å². The van der Waals surface area contributed by atoms with E-state index in [0.29, 0.717) is 18.7 Å². The number of aliphatic hydroxyl groups is 1. The zero-order valence-corrected chi connectivity index (χ0v) is 15.4. The Bertz CT molecular complexity index is 809. The number of piperidine rings is 1. The number of aliphatic hydroxyl groups excluding tert-OH is 1. The molecule has 1 saturated heterocycles. The number of carbonyl (C=O) groups excluding carboxylic acids is 1. The van der Waals surface area contributed by atoms with Gasteiger partial charge in [-0.15, -0.1) is 0 Å². The zero-order chi connectivity index (χ0) is 19.4. The Balaban J connectivity index is 1.72. The van der Waals surface area contributed by atoms with Crippen LogP contribution in [0.15, 0.2) is 40.9 Å². The predicted molar refractivity (Wildman–Crippen MR) is 97.3 cm³/mol. The molecule has 1 aliphatic heterocycles. The Kier molecular flexibility index (Phi) is 5.82. The van der Waals surface area contributed by atoms with Crippen molar-refractivity contribution in [3.63, 3.8) is 0 Å². The summed E-state index contributed by atoms with van der Waals surface area (Å²) in [4.78, 5) is 26.2. The van der Waals surface area contributed by atoms with Gasteiger partial charge in [-0.3, -0.25) is 9.59 Å². The fraction of sp³-hybridized carbons (Fsp3) is 0.421. The lowest BCUT2D eigenvalue weighted by molar-refractivity contribution is -0.165. The summed E-state index contributed by atoms with van der Waals surface area (Å²) < 4.78 is 4.99. The molecule has 0 bridgehead atoms. The van der Waals surface area contributed by atoms with E-state index in [9.17, 15) is 19.8 Å². The predicted octanol–water partition coefficient (Wildman–Crippen LogP) is 2.17. The van der Waals surface area contributed by atoms with E-state index in [2.05, 4.69) is 5.16 Å². The van der Waals surface area contributed by atoms with E-state index in [1.54, 1.807) is 6.07 Å². The van der Waals surface area contributed by atoms with Crippen molar-refractivity contribution in [2.24, 2.45) is 5.41 Å². The maximum atomic E-state index is 12.6. The van der Waals surface area contributed by atoms with Crippen LogP contribution in [0.2, 0.25) is 5.15 Å². The molecule has 0 saturated carbocycles. The molecule has 27 heavy (non-hydrogen) atoms. The molecule has 0 spiro atoms. The van der Waals surface area contributed by atoms with E-state index < -0.39 is 17.5 Å². The van der Waals surface area contributed by atoms with Crippen LogP contribution < -0.4 is 0 Å². The van der Waals surface area contributed by atoms with Crippen LogP contribution in [0.5, 0.6) is 0 Å². The number of amides is 1. The summed E-state index contributed by atoms with van der Waals surface area (Å²) in [6.07, 6.45) is -0.156. The topological polar surface area (TPSA) is 104 Å². The molecule has 7 nitrogen and oxygen atoms in total. The van der Waals surface area contributed by atoms with Gasteiger partial charge in [0.1, 0.15) is 11.2 Å². The third kappa shape index (κ3) is 4.31. The van der Waals surface area contributed by atoms with Crippen LogP contribution in [0.4, 0.5) is 0 Å². The molecule has 144 valence electrons. The lowest BCUT2D eigenvalue weighted by Crippen LogP contribution is -2.58. The van der Waals surface area contributed by atoms with Crippen LogP contribution in [-0.4, -0.2) is 51.3 Å². The number of nitrogens with zero attached hydrogens (tertiary/aromatic N) is 2. The first-order chi connectivity index (χ1) is 12.9. The number of benzene rings is 1. The maximum Gasteiger partial charge on any atom is 0.314 e. The van der Waals surface area contributed by atoms with Crippen LogP contribution >= 0.6 is 11.6 Å². The van der Waals surface area contributed by atoms with Crippen molar-refractivity contribution < 1.29 is 24.3 Å². The third-order valence-electron chi connectivity index (χ3n) is 5.04. The molecule has 0 unspecified atom stereocenters. The van der Waals surface area contributed by atoms with Crippen molar-refractivity contribution in [1.82, 2.24) is 10.1 Å². The van der Waals surface area contributed by atoms with Gasteiger partial charge in [0.05, 0.1) is 6.10 Å². The SMILES string of the molecule is O=C(CCc1cc(Cl)no1)N1CC[C@H](O)[C@](Cc2ccccc2)(C(=O)O)C1. The van der Waals surface area contributed by atoms with E-state index in [1.807, 2.05) is 30.3 Å². The van der Waals surface area contributed by atoms with Crippen LogP contribution in [0.25, 0.3) is 0 Å². The largest absolute Gasteiger partial charge is 0.481 e. The molecule has 0 aliphatic carbocycles. The molecule has 2 heterocycles. The fourth-order valence-electron chi connectivity index (χ4n) is 3.51. The maximum absolute atomic E-state index is 12.6. The molecule has 1 aromatic carbocycles. The first-order valence-electron chi connectivity index (χ1n) is 8.75. The van der Waals surface area contributed by atoms with Crippen molar-refractivity contribution in [3.8, 4) is 0 Å². The number of aryl methyl sites for hydroxylation is 1. The van der Waals surface area contributed by atoms with Crippen LogP contribution in [-0.2, 0) is 22.4 Å². The van der Waals surface area contributed by atoms with Gasteiger partial charge in [0.2, 0.25) is 5.91 Å². The molecule has 2 atom stereocenters. The Labute approximate surface area is 161 Å². The van der Waals surface area contributed by atoms with E-state index in [4.69, 9.17) is 16.1 Å². The van der Waals surface area contributed by atoms with E-state index in [-0.39, 0.29) is 36.9 Å². The average Bonchev–Trinajstić information content (AvgIpc) is 3.07. The van der Waals surface area contributed by atoms with Gasteiger partial charge in [-0.2, -0.15) is 0 Å². The fourth-order valence-corrected chi connectivity index (χ4v) is 3.66. The number of rotatable bonds is 6. The quantitative estimate of drug-likeness (QED) is 0.780. The molecular formula is C19H21ClN2O5. The van der Waals surface area contributed by atoms with E-state index in [0.717, 1.165) is 5.56 Å². The summed E-state index contributed by atoms with van der Waals surface area (Å²) in [5.41, 5.74) is -0.616. The Morgan fingerprint density at radius 2 is 2.07 bits per heavy atom. The summed E-state index contributed by atoms with van der Waals surface area (Å²) in [5.74, 6) is -0.786. The number of hydrogen-bond acceptors (Lipinski definition) is 5. The zero-order valence-electron chi connectivity index (χ0n) is 14.7. The van der Waals surface area contributed by atoms with Crippen LogP contribution in [0.3, 0.4) is 0 Å². The molecule has 8 heteroatoms. The van der Waals surface area contributed by atoms with Gasteiger partial charge in [-0.05, 0) is 18.4 Å². The molecule has 1 amide bonds. The lowest BCUT2D eigenvalue weighted by Gasteiger charge is -2.43. The Hall–Kier alpha value is -2.38. The number of aliphatic carboxylic acids is 1. The van der Waals surface area contributed by atoms with Crippen LogP contribution in [0.1, 0.15) is 24.2 Å². The molecular weight excluding hydrogens is 372 g/mol. The number of hydrogen-bond donors (Lipinski definition) is 2. The van der Waals surface area contributed by atoms with Crippen molar-refractivity contribution in [3.05, 3.63) is 52.9 Å². The molecule has 0 radical (unpaired) electrons. The highest BCUT2D eigenvalue weighted by Crippen LogP contribution is 2.35. The smallest absolute Gasteiger partial charge is 0.314 e. The minimum absolute atomic E-state index is 0.0333. The molecule has 2 aromatic rings. The summed E-state index contributed by atoms with van der Waals surface area (Å²) >= 11 is 5.70. The van der Waals surface area contributed by atoms with Gasteiger partial charge in [-0.1, -0.05) is 47.1 Å². The highest BCUT2D eigenvalue weighted by atomic mass is 35.5. The number of likely N-dealkylation sites (tertiary alicyclic amines) is 1. The highest BCUT2D eigenvalue weighted by molar-refractivity contribution is 6.29. The first kappa shape index (κ1) is 19.4. The van der Waals surface area contributed by atoms with Crippen LogP contribution in [0, 0.1) is 5.41 Å². The molecule has 3 rings (SSSR count). The summed E-state index contributed by atoms with van der Waals surface area (Å²) in [6, 6.07) is 10.7. The second-order valence-corrected chi connectivity index (χ2v) is 7.25. The number of aromatic nitrogens is 1. The van der Waals surface area contributed by atoms with Crippen molar-refractivity contribution in [2.75, 3.05) is 13.1 Å². The van der Waals surface area contributed by atoms with Crippen molar-refractivity contribution in [2.45, 2.75) is 31.8 Å². The van der Waals surface area contributed by atoms with Gasteiger partial charge in [-0.25, -0.2) is 0 Å². The molecule has 1 aromatic heterocycles. The van der Waals surface area contributed by atoms with E-state index in [1.165, 1.54) is 4.90 Å². The second kappa shape index (κ2) is 8.10. The number of carboxylic acids is 1. The lowest BCUT2D eigenvalue weighted by atomic mass is 9.72. The summed E-state index contributed by atoms with van der Waals surface area (Å²) in [6.45, 7) is 0.287.